The van der Waals surface area contributed by atoms with Gasteiger partial charge in [-0.1, -0.05) is 31.0 Å². The Morgan fingerprint density at radius 3 is 2.44 bits per heavy atom. The van der Waals surface area contributed by atoms with Crippen molar-refractivity contribution in [3.8, 4) is 5.75 Å². The molecule has 32 heavy (non-hydrogen) atoms. The van der Waals surface area contributed by atoms with Crippen molar-refractivity contribution < 1.29 is 9.53 Å². The predicted molar refractivity (Wildman–Crippen MR) is 127 cm³/mol. The minimum absolute atomic E-state index is 0.0123. The lowest BCUT2D eigenvalue weighted by Crippen LogP contribution is -2.52. The number of benzene rings is 1. The van der Waals surface area contributed by atoms with Crippen molar-refractivity contribution in [2.45, 2.75) is 32.2 Å². The van der Waals surface area contributed by atoms with E-state index in [4.69, 9.17) is 4.74 Å². The summed E-state index contributed by atoms with van der Waals surface area (Å²) in [6.07, 6.45) is 6.93. The standard InChI is InChI=1S/C25H35N5O2/c31-25(27-21-22-10-11-26-24(20-22)29-12-6-1-2-7-13-29)30-16-14-28(15-17-30)18-19-32-23-8-4-3-5-9-23/h3-5,8-11,20H,1-2,6-7,12-19,21H2,(H,27,31). The molecule has 0 spiro atoms. The van der Waals surface area contributed by atoms with Crippen molar-refractivity contribution >= 4 is 11.8 Å². The zero-order valence-corrected chi connectivity index (χ0v) is 18.9. The minimum Gasteiger partial charge on any atom is -0.492 e. The van der Waals surface area contributed by atoms with E-state index in [-0.39, 0.29) is 6.03 Å². The smallest absolute Gasteiger partial charge is 0.317 e. The molecule has 7 heteroatoms. The topological polar surface area (TPSA) is 60.9 Å². The fraction of sp³-hybridized carbons (Fsp3) is 0.520. The van der Waals surface area contributed by atoms with Gasteiger partial charge in [0.25, 0.3) is 0 Å². The monoisotopic (exact) mass is 437 g/mol. The van der Waals surface area contributed by atoms with Crippen LogP contribution >= 0.6 is 0 Å². The lowest BCUT2D eigenvalue weighted by molar-refractivity contribution is 0.126. The molecule has 2 aliphatic heterocycles. The first kappa shape index (κ1) is 22.4. The minimum atomic E-state index is 0.0123. The summed E-state index contributed by atoms with van der Waals surface area (Å²) in [4.78, 5) is 23.8. The highest BCUT2D eigenvalue weighted by Crippen LogP contribution is 2.18. The van der Waals surface area contributed by atoms with E-state index < -0.39 is 0 Å². The summed E-state index contributed by atoms with van der Waals surface area (Å²) >= 11 is 0. The maximum absolute atomic E-state index is 12.7. The van der Waals surface area contributed by atoms with E-state index in [1.807, 2.05) is 47.5 Å². The van der Waals surface area contributed by atoms with E-state index in [9.17, 15) is 4.79 Å². The van der Waals surface area contributed by atoms with E-state index in [0.717, 1.165) is 62.9 Å². The molecule has 2 aromatic rings. The molecule has 172 valence electrons. The first-order valence-corrected chi connectivity index (χ1v) is 11.9. The summed E-state index contributed by atoms with van der Waals surface area (Å²) in [5.41, 5.74) is 1.10. The molecule has 1 aromatic carbocycles. The second-order valence-electron chi connectivity index (χ2n) is 8.57. The quantitative estimate of drug-likeness (QED) is 0.720. The summed E-state index contributed by atoms with van der Waals surface area (Å²) in [7, 11) is 0. The van der Waals surface area contributed by atoms with Gasteiger partial charge in [0, 0.05) is 58.6 Å². The highest BCUT2D eigenvalue weighted by atomic mass is 16.5. The van der Waals surface area contributed by atoms with Crippen LogP contribution in [0.5, 0.6) is 5.75 Å². The molecule has 2 aliphatic rings. The Morgan fingerprint density at radius 1 is 0.938 bits per heavy atom. The third-order valence-corrected chi connectivity index (χ3v) is 6.26. The first-order valence-electron chi connectivity index (χ1n) is 11.9. The summed E-state index contributed by atoms with van der Waals surface area (Å²) < 4.78 is 5.79. The highest BCUT2D eigenvalue weighted by molar-refractivity contribution is 5.74. The number of carbonyl (C=O) groups is 1. The second kappa shape index (κ2) is 11.7. The molecule has 0 radical (unpaired) electrons. The third-order valence-electron chi connectivity index (χ3n) is 6.26. The molecular formula is C25H35N5O2. The molecule has 0 atom stereocenters. The number of ether oxygens (including phenoxy) is 1. The summed E-state index contributed by atoms with van der Waals surface area (Å²) in [6, 6.07) is 14.0. The molecule has 7 nitrogen and oxygen atoms in total. The van der Waals surface area contributed by atoms with Crippen molar-refractivity contribution in [3.63, 3.8) is 0 Å². The average Bonchev–Trinajstić information content (AvgIpc) is 3.14. The van der Waals surface area contributed by atoms with Gasteiger partial charge in [-0.2, -0.15) is 0 Å². The highest BCUT2D eigenvalue weighted by Gasteiger charge is 2.21. The molecule has 0 unspecified atom stereocenters. The van der Waals surface area contributed by atoms with Gasteiger partial charge in [-0.25, -0.2) is 9.78 Å². The number of hydrogen-bond donors (Lipinski definition) is 1. The van der Waals surface area contributed by atoms with E-state index in [2.05, 4.69) is 26.2 Å². The van der Waals surface area contributed by atoms with Crippen LogP contribution in [0.1, 0.15) is 31.2 Å². The van der Waals surface area contributed by atoms with Crippen LogP contribution in [-0.2, 0) is 6.54 Å². The van der Waals surface area contributed by atoms with E-state index >= 15 is 0 Å². The van der Waals surface area contributed by atoms with Crippen molar-refractivity contribution in [1.29, 1.82) is 0 Å². The van der Waals surface area contributed by atoms with Gasteiger partial charge in [-0.05, 0) is 42.7 Å². The second-order valence-corrected chi connectivity index (χ2v) is 8.57. The van der Waals surface area contributed by atoms with Gasteiger partial charge in [0.05, 0.1) is 0 Å². The Balaban J connectivity index is 1.17. The molecule has 4 rings (SSSR count). The summed E-state index contributed by atoms with van der Waals surface area (Å²) in [6.45, 7) is 7.46. The number of pyridine rings is 1. The predicted octanol–water partition coefficient (Wildman–Crippen LogP) is 3.37. The van der Waals surface area contributed by atoms with Crippen LogP contribution in [0, 0.1) is 0 Å². The maximum atomic E-state index is 12.7. The molecule has 2 fully saturated rings. The van der Waals surface area contributed by atoms with E-state index in [1.54, 1.807) is 0 Å². The van der Waals surface area contributed by atoms with Crippen LogP contribution in [0.2, 0.25) is 0 Å². The van der Waals surface area contributed by atoms with Gasteiger partial charge in [-0.15, -0.1) is 0 Å². The van der Waals surface area contributed by atoms with Crippen molar-refractivity contribution in [2.24, 2.45) is 0 Å². The van der Waals surface area contributed by atoms with Crippen LogP contribution < -0.4 is 15.0 Å². The van der Waals surface area contributed by atoms with E-state index in [0.29, 0.717) is 13.2 Å². The summed E-state index contributed by atoms with van der Waals surface area (Å²) in [5.74, 6) is 1.94. The van der Waals surface area contributed by atoms with E-state index in [1.165, 1.54) is 25.7 Å². The van der Waals surface area contributed by atoms with Gasteiger partial charge in [-0.3, -0.25) is 4.90 Å². The van der Waals surface area contributed by atoms with Crippen LogP contribution in [0.25, 0.3) is 0 Å². The number of rotatable bonds is 7. The van der Waals surface area contributed by atoms with Gasteiger partial charge in [0.1, 0.15) is 18.2 Å². The number of piperazine rings is 1. The molecule has 3 heterocycles. The number of anilines is 1. The number of aromatic nitrogens is 1. The largest absolute Gasteiger partial charge is 0.492 e. The van der Waals surface area contributed by atoms with Gasteiger partial charge < -0.3 is 19.9 Å². The fourth-order valence-corrected chi connectivity index (χ4v) is 4.32. The normalized spacial score (nSPS) is 17.6. The lowest BCUT2D eigenvalue weighted by Gasteiger charge is -2.34. The Morgan fingerprint density at radius 2 is 1.69 bits per heavy atom. The molecule has 2 saturated heterocycles. The van der Waals surface area contributed by atoms with Crippen LogP contribution in [0.3, 0.4) is 0 Å². The molecule has 0 bridgehead atoms. The molecule has 2 amide bonds. The zero-order valence-electron chi connectivity index (χ0n) is 18.9. The number of hydrogen-bond acceptors (Lipinski definition) is 5. The van der Waals surface area contributed by atoms with Gasteiger partial charge in [0.15, 0.2) is 0 Å². The Labute approximate surface area is 191 Å². The Kier molecular flexibility index (Phi) is 8.20. The zero-order chi connectivity index (χ0) is 22.0. The maximum Gasteiger partial charge on any atom is 0.317 e. The SMILES string of the molecule is O=C(NCc1ccnc(N2CCCCCC2)c1)N1CCN(CCOc2ccccc2)CC1. The van der Waals surface area contributed by atoms with Crippen LogP contribution in [0.15, 0.2) is 48.7 Å². The average molecular weight is 438 g/mol. The summed E-state index contributed by atoms with van der Waals surface area (Å²) in [5, 5.41) is 3.09. The molecule has 0 aliphatic carbocycles. The molecule has 1 aromatic heterocycles. The van der Waals surface area contributed by atoms with Crippen molar-refractivity contribution in [2.75, 3.05) is 57.3 Å². The van der Waals surface area contributed by atoms with Gasteiger partial charge >= 0.3 is 6.03 Å². The molecular weight excluding hydrogens is 402 g/mol. The Bertz CT molecular complexity index is 831. The third kappa shape index (κ3) is 6.60. The van der Waals surface area contributed by atoms with Crippen LogP contribution in [-0.4, -0.2) is 73.2 Å². The number of nitrogens with one attached hydrogen (secondary N) is 1. The van der Waals surface area contributed by atoms with Crippen LogP contribution in [0.4, 0.5) is 10.6 Å². The lowest BCUT2D eigenvalue weighted by atomic mass is 10.2. The number of para-hydroxylation sites is 1. The number of urea groups is 1. The number of nitrogens with zero attached hydrogens (tertiary/aromatic N) is 4. The number of amides is 2. The first-order chi connectivity index (χ1) is 15.8. The Hall–Kier alpha value is -2.80. The fourth-order valence-electron chi connectivity index (χ4n) is 4.32. The van der Waals surface area contributed by atoms with Crippen molar-refractivity contribution in [1.82, 2.24) is 20.1 Å². The van der Waals surface area contributed by atoms with Crippen molar-refractivity contribution in [3.05, 3.63) is 54.2 Å². The number of carbonyl (C=O) groups excluding carboxylic acids is 1. The molecule has 0 saturated carbocycles. The van der Waals surface area contributed by atoms with Gasteiger partial charge in [0.2, 0.25) is 0 Å². The molecule has 1 N–H and O–H groups in total.